The Hall–Kier alpha value is -3.43. The first-order valence-electron chi connectivity index (χ1n) is 10.8. The number of benzene rings is 1. The van der Waals surface area contributed by atoms with Gasteiger partial charge in [-0.2, -0.15) is 0 Å². The zero-order chi connectivity index (χ0) is 22.8. The minimum Gasteiger partial charge on any atom is -0.357 e. The number of carbonyl (C=O) groups is 1. The summed E-state index contributed by atoms with van der Waals surface area (Å²) in [7, 11) is 1.46. The van der Waals surface area contributed by atoms with Crippen LogP contribution in [0.25, 0.3) is 11.0 Å². The Labute approximate surface area is 183 Å². The van der Waals surface area contributed by atoms with Gasteiger partial charge in [-0.15, -0.1) is 0 Å². The van der Waals surface area contributed by atoms with Gasteiger partial charge in [0.05, 0.1) is 17.0 Å². The lowest BCUT2D eigenvalue weighted by molar-refractivity contribution is -0.125. The number of hydrogen-bond acceptors (Lipinski definition) is 5. The Morgan fingerprint density at radius 1 is 1.31 bits per heavy atom. The molecule has 9 nitrogen and oxygen atoms in total. The number of fused-ring (bicyclic) bond motifs is 1. The zero-order valence-electron chi connectivity index (χ0n) is 18.2. The van der Waals surface area contributed by atoms with Crippen LogP contribution in [0.15, 0.2) is 33.9 Å². The number of piperidine rings is 1. The van der Waals surface area contributed by atoms with Crippen molar-refractivity contribution in [3.63, 3.8) is 0 Å². The fraction of sp³-hybridized carbons (Fsp3) is 0.455. The molecule has 0 radical (unpaired) electrons. The molecule has 0 bridgehead atoms. The highest BCUT2D eigenvalue weighted by molar-refractivity contribution is 5.79. The third kappa shape index (κ3) is 4.30. The number of aromatic nitrogens is 4. The van der Waals surface area contributed by atoms with Crippen LogP contribution in [-0.2, 0) is 24.8 Å². The Balaban J connectivity index is 1.39. The average molecular weight is 442 g/mol. The van der Waals surface area contributed by atoms with E-state index in [9.17, 15) is 18.8 Å². The van der Waals surface area contributed by atoms with Crippen LogP contribution in [0.3, 0.4) is 0 Å². The van der Waals surface area contributed by atoms with Crippen LogP contribution >= 0.6 is 0 Å². The lowest BCUT2D eigenvalue weighted by atomic mass is 9.97. The lowest BCUT2D eigenvalue weighted by Crippen LogP contribution is -2.47. The first-order chi connectivity index (χ1) is 15.4. The highest BCUT2D eigenvalue weighted by Crippen LogP contribution is 2.22. The SMILES string of the molecule is CCn1c(N2CCCC(C(=O)NCCc3nc4ccc(F)cc4[nH]3)C2)cc(=O)n(C)c1=O. The van der Waals surface area contributed by atoms with Crippen LogP contribution in [0.2, 0.25) is 0 Å². The molecule has 1 fully saturated rings. The molecule has 4 rings (SSSR count). The van der Waals surface area contributed by atoms with Crippen LogP contribution in [0.5, 0.6) is 0 Å². The number of anilines is 1. The van der Waals surface area contributed by atoms with E-state index < -0.39 is 0 Å². The minimum absolute atomic E-state index is 0.0638. The van der Waals surface area contributed by atoms with Crippen molar-refractivity contribution in [3.8, 4) is 0 Å². The maximum atomic E-state index is 13.3. The maximum absolute atomic E-state index is 13.3. The highest BCUT2D eigenvalue weighted by atomic mass is 19.1. The lowest BCUT2D eigenvalue weighted by Gasteiger charge is -2.34. The third-order valence-corrected chi connectivity index (χ3v) is 5.96. The molecule has 1 saturated heterocycles. The first kappa shape index (κ1) is 21.8. The predicted octanol–water partition coefficient (Wildman–Crippen LogP) is 1.16. The van der Waals surface area contributed by atoms with Gasteiger partial charge in [0.2, 0.25) is 5.91 Å². The molecule has 10 heteroatoms. The summed E-state index contributed by atoms with van der Waals surface area (Å²) >= 11 is 0. The van der Waals surface area contributed by atoms with E-state index in [-0.39, 0.29) is 28.9 Å². The molecule has 1 atom stereocenters. The van der Waals surface area contributed by atoms with Gasteiger partial charge in [-0.05, 0) is 38.0 Å². The Morgan fingerprint density at radius 2 is 2.12 bits per heavy atom. The molecule has 0 saturated carbocycles. The summed E-state index contributed by atoms with van der Waals surface area (Å²) in [6.07, 6.45) is 2.04. The monoisotopic (exact) mass is 442 g/mol. The van der Waals surface area contributed by atoms with Crippen LogP contribution in [0, 0.1) is 11.7 Å². The van der Waals surface area contributed by atoms with Crippen molar-refractivity contribution in [3.05, 3.63) is 56.7 Å². The van der Waals surface area contributed by atoms with E-state index in [1.54, 1.807) is 10.6 Å². The van der Waals surface area contributed by atoms with Gasteiger partial charge in [0, 0.05) is 45.7 Å². The van der Waals surface area contributed by atoms with Crippen molar-refractivity contribution in [2.45, 2.75) is 32.7 Å². The molecule has 1 aromatic carbocycles. The molecule has 170 valence electrons. The highest BCUT2D eigenvalue weighted by Gasteiger charge is 2.27. The van der Waals surface area contributed by atoms with Crippen molar-refractivity contribution >= 4 is 22.8 Å². The molecule has 1 unspecified atom stereocenters. The fourth-order valence-corrected chi connectivity index (χ4v) is 4.22. The molecule has 3 aromatic rings. The molecule has 1 aliphatic heterocycles. The summed E-state index contributed by atoms with van der Waals surface area (Å²) in [4.78, 5) is 46.8. The normalized spacial score (nSPS) is 16.5. The molecular formula is C22H27FN6O3. The topological polar surface area (TPSA) is 105 Å². The number of rotatable bonds is 6. The number of amides is 1. The van der Waals surface area contributed by atoms with E-state index >= 15 is 0 Å². The van der Waals surface area contributed by atoms with E-state index in [2.05, 4.69) is 15.3 Å². The van der Waals surface area contributed by atoms with Gasteiger partial charge < -0.3 is 15.2 Å². The van der Waals surface area contributed by atoms with Gasteiger partial charge in [0.25, 0.3) is 5.56 Å². The van der Waals surface area contributed by atoms with Crippen molar-refractivity contribution in [1.29, 1.82) is 0 Å². The van der Waals surface area contributed by atoms with Gasteiger partial charge in [0.15, 0.2) is 0 Å². The molecule has 0 spiro atoms. The molecule has 2 aromatic heterocycles. The number of nitrogens with zero attached hydrogens (tertiary/aromatic N) is 4. The summed E-state index contributed by atoms with van der Waals surface area (Å²) in [5.74, 6) is 0.618. The van der Waals surface area contributed by atoms with Crippen molar-refractivity contribution in [1.82, 2.24) is 24.4 Å². The molecule has 1 aliphatic rings. The van der Waals surface area contributed by atoms with E-state index in [4.69, 9.17) is 0 Å². The Bertz CT molecular complexity index is 1260. The van der Waals surface area contributed by atoms with Crippen LogP contribution < -0.4 is 21.5 Å². The van der Waals surface area contributed by atoms with Gasteiger partial charge in [0.1, 0.15) is 17.5 Å². The van der Waals surface area contributed by atoms with Crippen molar-refractivity contribution in [2.24, 2.45) is 13.0 Å². The van der Waals surface area contributed by atoms with E-state index in [1.165, 1.54) is 25.2 Å². The maximum Gasteiger partial charge on any atom is 0.332 e. The average Bonchev–Trinajstić information content (AvgIpc) is 3.19. The van der Waals surface area contributed by atoms with Gasteiger partial charge in [-0.1, -0.05) is 0 Å². The second-order valence-electron chi connectivity index (χ2n) is 8.10. The minimum atomic E-state index is -0.355. The molecule has 3 heterocycles. The van der Waals surface area contributed by atoms with E-state index in [0.717, 1.165) is 17.4 Å². The molecular weight excluding hydrogens is 415 g/mol. The summed E-state index contributed by atoms with van der Waals surface area (Å²) < 4.78 is 16.0. The Morgan fingerprint density at radius 3 is 2.91 bits per heavy atom. The van der Waals surface area contributed by atoms with E-state index in [1.807, 2.05) is 11.8 Å². The zero-order valence-corrected chi connectivity index (χ0v) is 18.2. The predicted molar refractivity (Wildman–Crippen MR) is 119 cm³/mol. The smallest absolute Gasteiger partial charge is 0.332 e. The van der Waals surface area contributed by atoms with Crippen LogP contribution in [-0.4, -0.2) is 44.6 Å². The molecule has 2 N–H and O–H groups in total. The summed E-state index contributed by atoms with van der Waals surface area (Å²) in [6.45, 7) is 3.84. The fourth-order valence-electron chi connectivity index (χ4n) is 4.22. The molecule has 32 heavy (non-hydrogen) atoms. The van der Waals surface area contributed by atoms with Gasteiger partial charge >= 0.3 is 5.69 Å². The quantitative estimate of drug-likeness (QED) is 0.596. The largest absolute Gasteiger partial charge is 0.357 e. The second-order valence-corrected chi connectivity index (χ2v) is 8.10. The number of imidazole rings is 1. The van der Waals surface area contributed by atoms with Crippen LogP contribution in [0.1, 0.15) is 25.6 Å². The second kappa shape index (κ2) is 8.97. The number of carbonyl (C=O) groups excluding carboxylic acids is 1. The van der Waals surface area contributed by atoms with Crippen LogP contribution in [0.4, 0.5) is 10.2 Å². The number of aromatic amines is 1. The molecule has 0 aliphatic carbocycles. The van der Waals surface area contributed by atoms with Crippen molar-refractivity contribution < 1.29 is 9.18 Å². The summed E-state index contributed by atoms with van der Waals surface area (Å²) in [5, 5.41) is 2.96. The number of hydrogen-bond donors (Lipinski definition) is 2. The first-order valence-corrected chi connectivity index (χ1v) is 10.8. The number of halogens is 1. The van der Waals surface area contributed by atoms with Gasteiger partial charge in [-0.25, -0.2) is 14.2 Å². The Kier molecular flexibility index (Phi) is 6.11. The van der Waals surface area contributed by atoms with Gasteiger partial charge in [-0.3, -0.25) is 18.7 Å². The standard InChI is InChI=1S/C22H27FN6O3/c1-3-29-19(12-20(30)27(2)22(29)32)28-10-4-5-14(13-28)21(31)24-9-8-18-25-16-7-6-15(23)11-17(16)26-18/h6-7,11-12,14H,3-5,8-10,13H2,1-2H3,(H,24,31)(H,25,26). The van der Waals surface area contributed by atoms with E-state index in [0.29, 0.717) is 55.3 Å². The third-order valence-electron chi connectivity index (χ3n) is 5.96. The number of H-pyrrole nitrogens is 1. The molecule has 1 amide bonds. The summed E-state index contributed by atoms with van der Waals surface area (Å²) in [6, 6.07) is 5.85. The number of nitrogens with one attached hydrogen (secondary N) is 2. The van der Waals surface area contributed by atoms with Crippen molar-refractivity contribution in [2.75, 3.05) is 24.5 Å². The summed E-state index contributed by atoms with van der Waals surface area (Å²) in [5.41, 5.74) is 0.608.